The minimum absolute atomic E-state index is 0.0364. The summed E-state index contributed by atoms with van der Waals surface area (Å²) in [5.41, 5.74) is 4.34. The topological polar surface area (TPSA) is 130 Å². The number of thiol groups is 1. The number of nitrogens with zero attached hydrogens (tertiary/aromatic N) is 2. The molecule has 0 bridgehead atoms. The monoisotopic (exact) mass is 371 g/mol. The molecule has 0 aromatic carbocycles. The molecular weight excluding hydrogens is 349 g/mol. The number of fused-ring (bicyclic) bond motifs is 1. The highest BCUT2D eigenvalue weighted by atomic mass is 32.3. The van der Waals surface area contributed by atoms with Crippen molar-refractivity contribution in [3.63, 3.8) is 0 Å². The fourth-order valence-corrected chi connectivity index (χ4v) is 7.01. The zero-order chi connectivity index (χ0) is 18.5. The third-order valence-corrected chi connectivity index (χ3v) is 8.83. The van der Waals surface area contributed by atoms with Crippen molar-refractivity contribution in [1.29, 1.82) is 0 Å². The molecule has 0 saturated carbocycles. The summed E-state index contributed by atoms with van der Waals surface area (Å²) < 4.78 is 30.2. The molecule has 2 aliphatic heterocycles. The predicted octanol–water partition coefficient (Wildman–Crippen LogP) is 0.772. The molecule has 3 heterocycles. The lowest BCUT2D eigenvalue weighted by Gasteiger charge is -2.52. The van der Waals surface area contributed by atoms with Gasteiger partial charge in [-0.1, -0.05) is 0 Å². The molecule has 1 aromatic rings. The normalized spacial score (nSPS) is 32.2. The van der Waals surface area contributed by atoms with Crippen LogP contribution in [0.1, 0.15) is 32.4 Å². The van der Waals surface area contributed by atoms with Crippen LogP contribution in [0.15, 0.2) is 17.1 Å². The van der Waals surface area contributed by atoms with E-state index in [-0.39, 0.29) is 23.1 Å². The molecule has 1 aromatic heterocycles. The highest BCUT2D eigenvalue weighted by molar-refractivity contribution is 8.03. The maximum Gasteiger partial charge on any atom is 0.410 e. The number of rotatable bonds is 1. The number of halogens is 1. The van der Waals surface area contributed by atoms with E-state index in [9.17, 15) is 18.5 Å². The number of amidine groups is 1. The molecule has 0 radical (unpaired) electrons. The molecule has 0 aliphatic carbocycles. The summed E-state index contributed by atoms with van der Waals surface area (Å²) in [5.74, 6) is -0.395. The third kappa shape index (κ3) is 2.78. The smallest absolute Gasteiger partial charge is 0.410 e. The molecule has 10 heteroatoms. The number of carboxylic acid groups (broad SMARTS) is 1. The summed E-state index contributed by atoms with van der Waals surface area (Å²) in [5, 5.41) is 11.5. The van der Waals surface area contributed by atoms with Gasteiger partial charge in [0.2, 0.25) is 0 Å². The molecule has 1 fully saturated rings. The van der Waals surface area contributed by atoms with E-state index in [4.69, 9.17) is 5.73 Å². The Morgan fingerprint density at radius 1 is 1.48 bits per heavy atom. The zero-order valence-electron chi connectivity index (χ0n) is 14.0. The second kappa shape index (κ2) is 5.73. The highest BCUT2D eigenvalue weighted by Gasteiger charge is 2.54. The van der Waals surface area contributed by atoms with Gasteiger partial charge in [0.15, 0.2) is 0 Å². The Bertz CT molecular complexity index is 816. The van der Waals surface area contributed by atoms with Crippen molar-refractivity contribution in [3.8, 4) is 0 Å². The van der Waals surface area contributed by atoms with Crippen molar-refractivity contribution in [3.05, 3.63) is 23.6 Å². The van der Waals surface area contributed by atoms with Crippen LogP contribution in [0.5, 0.6) is 0 Å². The average molecular weight is 371 g/mol. The molecule has 5 N–H and O–H groups in total. The molecule has 1 saturated heterocycles. The lowest BCUT2D eigenvalue weighted by Crippen LogP contribution is -2.68. The molecule has 8 nitrogen and oxygen atoms in total. The van der Waals surface area contributed by atoms with E-state index in [0.29, 0.717) is 13.0 Å². The van der Waals surface area contributed by atoms with E-state index in [2.05, 4.69) is 20.0 Å². The summed E-state index contributed by atoms with van der Waals surface area (Å²) in [6.07, 6.45) is -0.0378. The van der Waals surface area contributed by atoms with Gasteiger partial charge in [-0.25, -0.2) is 14.2 Å². The summed E-state index contributed by atoms with van der Waals surface area (Å²) in [6, 6.07) is 2.51. The number of anilines is 1. The zero-order valence-corrected chi connectivity index (χ0v) is 14.9. The van der Waals surface area contributed by atoms with Gasteiger partial charge >= 0.3 is 6.09 Å². The Labute approximate surface area is 145 Å². The summed E-state index contributed by atoms with van der Waals surface area (Å²) >= 11 is 0. The number of hydrogen-bond acceptors (Lipinski definition) is 5. The quantitative estimate of drug-likeness (QED) is 0.466. The maximum atomic E-state index is 14.4. The number of aromatic nitrogens is 1. The van der Waals surface area contributed by atoms with Gasteiger partial charge in [0.25, 0.3) is 0 Å². The largest absolute Gasteiger partial charge is 0.465 e. The number of aliphatic imine (C=N–C) groups is 1. The number of pyridine rings is 1. The van der Waals surface area contributed by atoms with Gasteiger partial charge in [0.05, 0.1) is 4.75 Å². The molecule has 0 spiro atoms. The number of hydrogen-bond donors (Lipinski definition) is 5. The van der Waals surface area contributed by atoms with Crippen molar-refractivity contribution >= 4 is 27.9 Å². The van der Waals surface area contributed by atoms with Gasteiger partial charge in [-0.2, -0.15) is 0 Å². The lowest BCUT2D eigenvalue weighted by molar-refractivity contribution is 0.199. The van der Waals surface area contributed by atoms with Crippen LogP contribution in [-0.4, -0.2) is 43.3 Å². The van der Waals surface area contributed by atoms with Crippen LogP contribution < -0.4 is 15.8 Å². The van der Waals surface area contributed by atoms with Gasteiger partial charge in [0.1, 0.15) is 28.7 Å². The summed E-state index contributed by atoms with van der Waals surface area (Å²) in [6.45, 7) is 3.88. The van der Waals surface area contributed by atoms with Crippen LogP contribution in [0.3, 0.4) is 0 Å². The molecule has 25 heavy (non-hydrogen) atoms. The van der Waals surface area contributed by atoms with Gasteiger partial charge in [-0.3, -0.25) is 19.2 Å². The molecule has 1 amide bonds. The molecule has 2 aliphatic rings. The first kappa shape index (κ1) is 17.7. The average Bonchev–Trinajstić information content (AvgIpc) is 2.50. The standard InChI is InChI=1S/C15H22FN5O3S/c1-14(11-9(16)4-5-10(17)19-11)8-25(24)15(2,6-3-7-18-25)12(21-14)20-13(22)23/h4-5,25H,3,6-8H2,1-2H3,(H2,17,19)(H,18,24)(H,20,21)(H,22,23)/t14-,15-/m0/s1. The first-order chi connectivity index (χ1) is 11.6. The third-order valence-electron chi connectivity index (χ3n) is 5.01. The highest BCUT2D eigenvalue weighted by Crippen LogP contribution is 2.43. The van der Waals surface area contributed by atoms with Crippen LogP contribution in [0.4, 0.5) is 15.0 Å². The van der Waals surface area contributed by atoms with Crippen molar-refractivity contribution in [1.82, 2.24) is 15.0 Å². The molecule has 2 atom stereocenters. The van der Waals surface area contributed by atoms with Crippen LogP contribution in [-0.2, 0) is 15.7 Å². The fraction of sp³-hybridized carbons (Fsp3) is 0.533. The van der Waals surface area contributed by atoms with E-state index in [0.717, 1.165) is 6.42 Å². The molecule has 3 rings (SSSR count). The van der Waals surface area contributed by atoms with Crippen molar-refractivity contribution < 1.29 is 18.5 Å². The Hall–Kier alpha value is -2.07. The second-order valence-corrected chi connectivity index (χ2v) is 10.0. The van der Waals surface area contributed by atoms with E-state index in [1.54, 1.807) is 13.8 Å². The molecular formula is C15H22FN5O3S. The van der Waals surface area contributed by atoms with Crippen LogP contribution in [0.25, 0.3) is 0 Å². The predicted molar refractivity (Wildman–Crippen MR) is 94.6 cm³/mol. The summed E-state index contributed by atoms with van der Waals surface area (Å²) in [7, 11) is -3.12. The molecule has 0 unspecified atom stereocenters. The van der Waals surface area contributed by atoms with E-state index in [1.807, 2.05) is 0 Å². The van der Waals surface area contributed by atoms with Gasteiger partial charge in [-0.05, 0) is 48.9 Å². The Kier molecular flexibility index (Phi) is 4.07. The van der Waals surface area contributed by atoms with Crippen molar-refractivity contribution in [2.75, 3.05) is 18.0 Å². The maximum absolute atomic E-state index is 14.4. The van der Waals surface area contributed by atoms with Crippen LogP contribution in [0.2, 0.25) is 0 Å². The second-order valence-electron chi connectivity index (χ2n) is 6.91. The van der Waals surface area contributed by atoms with E-state index >= 15 is 0 Å². The number of nitrogen functional groups attached to an aromatic ring is 1. The Morgan fingerprint density at radius 2 is 2.20 bits per heavy atom. The van der Waals surface area contributed by atoms with E-state index in [1.165, 1.54) is 12.1 Å². The number of carbonyl (C=O) groups is 1. The number of nitrogens with one attached hydrogen (secondary N) is 2. The Morgan fingerprint density at radius 3 is 2.88 bits per heavy atom. The number of nitrogens with two attached hydrogens (primary N) is 1. The minimum Gasteiger partial charge on any atom is -0.465 e. The first-order valence-corrected chi connectivity index (χ1v) is 9.86. The van der Waals surface area contributed by atoms with Gasteiger partial charge in [-0.15, -0.1) is 0 Å². The lowest BCUT2D eigenvalue weighted by atomic mass is 9.96. The Balaban J connectivity index is 2.21. The van der Waals surface area contributed by atoms with Crippen molar-refractivity contribution in [2.45, 2.75) is 37.0 Å². The van der Waals surface area contributed by atoms with Gasteiger partial charge < -0.3 is 10.8 Å². The number of amides is 1. The first-order valence-electron chi connectivity index (χ1n) is 7.97. The molecule has 138 valence electrons. The SMILES string of the molecule is C[C@@]12CCCN[SH]1(=O)C[C@@](C)(c1nc(N)ccc1F)N=C2NC(=O)O. The fourth-order valence-electron chi connectivity index (χ4n) is 3.63. The van der Waals surface area contributed by atoms with Gasteiger partial charge in [0, 0.05) is 12.3 Å². The van der Waals surface area contributed by atoms with Crippen LogP contribution in [0, 0.1) is 5.82 Å². The summed E-state index contributed by atoms with van der Waals surface area (Å²) in [4.78, 5) is 19.8. The van der Waals surface area contributed by atoms with Crippen molar-refractivity contribution in [2.24, 2.45) is 4.99 Å². The van der Waals surface area contributed by atoms with Crippen LogP contribution >= 0.6 is 0 Å². The van der Waals surface area contributed by atoms with E-state index < -0.39 is 32.3 Å². The minimum atomic E-state index is -3.12.